The molecule has 3 N–H and O–H groups in total. The first-order chi connectivity index (χ1) is 15.5. The van der Waals surface area contributed by atoms with Crippen LogP contribution in [0.2, 0.25) is 0 Å². The minimum Gasteiger partial charge on any atom is -0.478 e. The molecule has 4 aromatic rings. The minimum absolute atomic E-state index is 0.102. The molecule has 1 aliphatic rings. The van der Waals surface area contributed by atoms with Gasteiger partial charge in [-0.1, -0.05) is 18.2 Å². The minimum atomic E-state index is -1.07. The summed E-state index contributed by atoms with van der Waals surface area (Å²) in [7, 11) is 0. The summed E-state index contributed by atoms with van der Waals surface area (Å²) in [6.07, 6.45) is 1.45. The lowest BCUT2D eigenvalue weighted by molar-refractivity contribution is 0.0698. The van der Waals surface area contributed by atoms with Crippen molar-refractivity contribution in [2.45, 2.75) is 6.92 Å². The van der Waals surface area contributed by atoms with Crippen LogP contribution >= 0.6 is 0 Å². The molecular formula is C23H21N5O4. The Morgan fingerprint density at radius 3 is 2.59 bits per heavy atom. The number of para-hydroxylation sites is 1. The van der Waals surface area contributed by atoms with Gasteiger partial charge in [0.15, 0.2) is 0 Å². The van der Waals surface area contributed by atoms with Gasteiger partial charge in [0.25, 0.3) is 5.91 Å². The third-order valence-corrected chi connectivity index (χ3v) is 5.76. The molecule has 5 rings (SSSR count). The molecule has 1 amide bonds. The standard InChI is InChI=1S/C23H21N5O4/c1-13-26-20-16(23(30)31)10-14(27-6-8-32-9-7-27)11-19(20)28(13)21-15-4-2-3-5-18(15)25-12-17(21)22(24)29/h2-5,10-12H,6-9H2,1H3,(H2,24,29)(H,30,31). The van der Waals surface area contributed by atoms with Gasteiger partial charge in [-0.25, -0.2) is 9.78 Å². The number of hydrogen-bond acceptors (Lipinski definition) is 6. The van der Waals surface area contributed by atoms with Crippen LogP contribution < -0.4 is 10.6 Å². The molecule has 2 aromatic heterocycles. The van der Waals surface area contributed by atoms with Crippen LogP contribution in [0.25, 0.3) is 27.6 Å². The Labute approximate surface area is 183 Å². The molecule has 9 nitrogen and oxygen atoms in total. The number of carbonyl (C=O) groups is 2. The average molecular weight is 431 g/mol. The molecule has 0 bridgehead atoms. The number of nitrogens with zero attached hydrogens (tertiary/aromatic N) is 4. The number of anilines is 1. The Bertz CT molecular complexity index is 1390. The van der Waals surface area contributed by atoms with Crippen LogP contribution in [0.15, 0.2) is 42.6 Å². The number of aromatic carboxylic acids is 1. The SMILES string of the molecule is Cc1nc2c(C(=O)O)cc(N3CCOCC3)cc2n1-c1c(C(N)=O)cnc2ccccc12. The maximum atomic E-state index is 12.3. The van der Waals surface area contributed by atoms with Gasteiger partial charge >= 0.3 is 5.97 Å². The number of imidazole rings is 1. The summed E-state index contributed by atoms with van der Waals surface area (Å²) < 4.78 is 7.24. The van der Waals surface area contributed by atoms with E-state index in [0.29, 0.717) is 54.4 Å². The monoisotopic (exact) mass is 431 g/mol. The van der Waals surface area contributed by atoms with Gasteiger partial charge in [-0.15, -0.1) is 0 Å². The van der Waals surface area contributed by atoms with Gasteiger partial charge < -0.3 is 20.5 Å². The Morgan fingerprint density at radius 1 is 1.12 bits per heavy atom. The number of fused-ring (bicyclic) bond motifs is 2. The van der Waals surface area contributed by atoms with E-state index in [0.717, 1.165) is 11.1 Å². The van der Waals surface area contributed by atoms with Gasteiger partial charge in [-0.05, 0) is 25.1 Å². The number of carboxylic acid groups (broad SMARTS) is 1. The molecule has 1 saturated heterocycles. The highest BCUT2D eigenvalue weighted by Crippen LogP contribution is 2.33. The van der Waals surface area contributed by atoms with Crippen LogP contribution in [0.1, 0.15) is 26.5 Å². The lowest BCUT2D eigenvalue weighted by atomic mass is 10.1. The number of primary amides is 1. The number of nitrogens with two attached hydrogens (primary N) is 1. The second-order valence-electron chi connectivity index (χ2n) is 7.66. The van der Waals surface area contributed by atoms with Gasteiger partial charge in [0.05, 0.1) is 41.1 Å². The van der Waals surface area contributed by atoms with Gasteiger partial charge in [0.1, 0.15) is 11.3 Å². The highest BCUT2D eigenvalue weighted by atomic mass is 16.5. The van der Waals surface area contributed by atoms with E-state index >= 15 is 0 Å². The molecule has 2 aromatic carbocycles. The summed E-state index contributed by atoms with van der Waals surface area (Å²) in [4.78, 5) is 35.5. The highest BCUT2D eigenvalue weighted by Gasteiger charge is 2.24. The summed E-state index contributed by atoms with van der Waals surface area (Å²) >= 11 is 0. The van der Waals surface area contributed by atoms with Crippen LogP contribution in [0.4, 0.5) is 5.69 Å². The number of rotatable bonds is 4. The van der Waals surface area contributed by atoms with Crippen molar-refractivity contribution >= 4 is 39.5 Å². The summed E-state index contributed by atoms with van der Waals surface area (Å²) in [6, 6.07) is 11.0. The van der Waals surface area contributed by atoms with Gasteiger partial charge in [-0.2, -0.15) is 0 Å². The fourth-order valence-electron chi connectivity index (χ4n) is 4.28. The van der Waals surface area contributed by atoms with Gasteiger partial charge in [0.2, 0.25) is 0 Å². The number of carbonyl (C=O) groups excluding carboxylic acids is 1. The van der Waals surface area contributed by atoms with Crippen molar-refractivity contribution in [1.29, 1.82) is 0 Å². The Morgan fingerprint density at radius 2 is 1.88 bits per heavy atom. The fourth-order valence-corrected chi connectivity index (χ4v) is 4.28. The number of carboxylic acids is 1. The van der Waals surface area contributed by atoms with Crippen LogP contribution in [0.5, 0.6) is 0 Å². The first-order valence-electron chi connectivity index (χ1n) is 10.2. The van der Waals surface area contributed by atoms with E-state index in [1.807, 2.05) is 30.3 Å². The molecule has 0 spiro atoms. The van der Waals surface area contributed by atoms with Crippen molar-refractivity contribution in [2.75, 3.05) is 31.2 Å². The Hall–Kier alpha value is -3.98. The quantitative estimate of drug-likeness (QED) is 0.509. The summed E-state index contributed by atoms with van der Waals surface area (Å²) in [5.74, 6) is -1.15. The molecule has 32 heavy (non-hydrogen) atoms. The fraction of sp³-hybridized carbons (Fsp3) is 0.217. The van der Waals surface area contributed by atoms with Crippen LogP contribution in [0.3, 0.4) is 0 Å². The third-order valence-electron chi connectivity index (χ3n) is 5.76. The van der Waals surface area contributed by atoms with E-state index in [4.69, 9.17) is 10.5 Å². The zero-order valence-electron chi connectivity index (χ0n) is 17.4. The summed E-state index contributed by atoms with van der Waals surface area (Å²) in [6.45, 7) is 4.23. The molecule has 0 saturated carbocycles. The molecule has 1 fully saturated rings. The predicted octanol–water partition coefficient (Wildman–Crippen LogP) is 2.52. The maximum absolute atomic E-state index is 12.3. The molecule has 9 heteroatoms. The molecule has 0 aliphatic carbocycles. The zero-order valence-corrected chi connectivity index (χ0v) is 17.4. The third kappa shape index (κ3) is 3.14. The van der Waals surface area contributed by atoms with Crippen molar-refractivity contribution in [2.24, 2.45) is 5.73 Å². The van der Waals surface area contributed by atoms with Crippen molar-refractivity contribution in [3.63, 3.8) is 0 Å². The largest absolute Gasteiger partial charge is 0.478 e. The number of benzene rings is 2. The molecule has 0 radical (unpaired) electrons. The lowest BCUT2D eigenvalue weighted by Crippen LogP contribution is -2.36. The molecule has 162 valence electrons. The highest BCUT2D eigenvalue weighted by molar-refractivity contribution is 6.07. The van der Waals surface area contributed by atoms with E-state index in [1.54, 1.807) is 17.6 Å². The second-order valence-corrected chi connectivity index (χ2v) is 7.66. The van der Waals surface area contributed by atoms with Crippen molar-refractivity contribution < 1.29 is 19.4 Å². The van der Waals surface area contributed by atoms with Crippen LogP contribution in [0, 0.1) is 6.92 Å². The number of aryl methyl sites for hydroxylation is 1. The number of aromatic nitrogens is 3. The first-order valence-corrected chi connectivity index (χ1v) is 10.2. The van der Waals surface area contributed by atoms with E-state index in [2.05, 4.69) is 14.9 Å². The van der Waals surface area contributed by atoms with E-state index in [1.165, 1.54) is 6.20 Å². The molecule has 0 unspecified atom stereocenters. The molecular weight excluding hydrogens is 410 g/mol. The Balaban J connectivity index is 1.87. The van der Waals surface area contributed by atoms with Crippen molar-refractivity contribution in [3.8, 4) is 5.69 Å². The van der Waals surface area contributed by atoms with Crippen molar-refractivity contribution in [1.82, 2.24) is 14.5 Å². The lowest BCUT2D eigenvalue weighted by Gasteiger charge is -2.29. The number of ether oxygens (including phenoxy) is 1. The number of morpholine rings is 1. The molecule has 1 aliphatic heterocycles. The number of hydrogen-bond donors (Lipinski definition) is 2. The average Bonchev–Trinajstić information content (AvgIpc) is 3.13. The van der Waals surface area contributed by atoms with Gasteiger partial charge in [0, 0.05) is 30.4 Å². The number of pyridine rings is 1. The van der Waals surface area contributed by atoms with E-state index in [9.17, 15) is 14.7 Å². The molecule has 3 heterocycles. The molecule has 0 atom stereocenters. The Kier molecular flexibility index (Phi) is 4.75. The topological polar surface area (TPSA) is 124 Å². The van der Waals surface area contributed by atoms with Gasteiger partial charge in [-0.3, -0.25) is 14.3 Å². The first kappa shape index (κ1) is 20.0. The zero-order chi connectivity index (χ0) is 22.4. The van der Waals surface area contributed by atoms with Crippen LogP contribution in [-0.4, -0.2) is 57.8 Å². The van der Waals surface area contributed by atoms with E-state index < -0.39 is 11.9 Å². The normalized spacial score (nSPS) is 14.2. The van der Waals surface area contributed by atoms with Crippen LogP contribution in [-0.2, 0) is 4.74 Å². The predicted molar refractivity (Wildman–Crippen MR) is 120 cm³/mol. The number of amides is 1. The maximum Gasteiger partial charge on any atom is 0.338 e. The summed E-state index contributed by atoms with van der Waals surface area (Å²) in [5.41, 5.74) is 8.97. The second kappa shape index (κ2) is 7.61. The summed E-state index contributed by atoms with van der Waals surface area (Å²) in [5, 5.41) is 10.6. The smallest absolute Gasteiger partial charge is 0.338 e. The van der Waals surface area contributed by atoms with Crippen molar-refractivity contribution in [3.05, 3.63) is 59.5 Å². The van der Waals surface area contributed by atoms with E-state index in [-0.39, 0.29) is 11.1 Å².